The molecule has 0 bridgehead atoms. The Labute approximate surface area is 192 Å². The van der Waals surface area contributed by atoms with E-state index in [9.17, 15) is 9.90 Å². The lowest BCUT2D eigenvalue weighted by molar-refractivity contribution is -0.0309. The van der Waals surface area contributed by atoms with Crippen molar-refractivity contribution in [2.24, 2.45) is 5.73 Å². The van der Waals surface area contributed by atoms with E-state index < -0.39 is 11.1 Å². The van der Waals surface area contributed by atoms with E-state index in [-0.39, 0.29) is 18.2 Å². The molecule has 5 heteroatoms. The van der Waals surface area contributed by atoms with Gasteiger partial charge >= 0.3 is 6.09 Å². The minimum atomic E-state index is -0.840. The summed E-state index contributed by atoms with van der Waals surface area (Å²) < 4.78 is 5.51. The van der Waals surface area contributed by atoms with Gasteiger partial charge in [-0.3, -0.25) is 0 Å². The van der Waals surface area contributed by atoms with Crippen LogP contribution in [-0.4, -0.2) is 39.9 Å². The molecular weight excluding hydrogens is 400 g/mol. The highest BCUT2D eigenvalue weighted by Gasteiger charge is 2.33. The summed E-state index contributed by atoms with van der Waals surface area (Å²) in [6.07, 6.45) is 0.607. The Bertz CT molecular complexity index is 874. The van der Waals surface area contributed by atoms with Crippen molar-refractivity contribution in [2.45, 2.75) is 70.7 Å². The van der Waals surface area contributed by atoms with Crippen LogP contribution in [0.25, 0.3) is 0 Å². The first-order valence-corrected chi connectivity index (χ1v) is 11.1. The fraction of sp³-hybridized carbons (Fsp3) is 0.444. The average Bonchev–Trinajstić information content (AvgIpc) is 2.72. The zero-order chi connectivity index (χ0) is 23.8. The molecule has 2 unspecified atom stereocenters. The van der Waals surface area contributed by atoms with Crippen LogP contribution in [0.2, 0.25) is 0 Å². The molecule has 1 amide bonds. The second kappa shape index (κ2) is 11.2. The topological polar surface area (TPSA) is 75.8 Å². The van der Waals surface area contributed by atoms with E-state index in [0.717, 1.165) is 17.5 Å². The Morgan fingerprint density at radius 3 is 2.06 bits per heavy atom. The molecule has 32 heavy (non-hydrogen) atoms. The van der Waals surface area contributed by atoms with E-state index in [2.05, 4.69) is 11.8 Å². The molecule has 1 aliphatic heterocycles. The SMILES string of the molecule is CC(c1ccc(C#CC(C)(C)N)cc1)N1CCC(CC(C)(C)O)OC1=O.c1ccccc1. The summed E-state index contributed by atoms with van der Waals surface area (Å²) >= 11 is 0. The molecule has 172 valence electrons. The zero-order valence-electron chi connectivity index (χ0n) is 19.8. The molecule has 1 heterocycles. The van der Waals surface area contributed by atoms with Crippen LogP contribution < -0.4 is 5.73 Å². The highest BCUT2D eigenvalue weighted by molar-refractivity contribution is 5.69. The molecule has 3 N–H and O–H groups in total. The molecule has 2 aromatic rings. The maximum atomic E-state index is 12.4. The van der Waals surface area contributed by atoms with Gasteiger partial charge < -0.3 is 20.5 Å². The molecule has 1 aliphatic rings. The van der Waals surface area contributed by atoms with E-state index in [0.29, 0.717) is 13.0 Å². The number of cyclic esters (lactones) is 1. The summed E-state index contributed by atoms with van der Waals surface area (Å²) in [4.78, 5) is 14.1. The monoisotopic (exact) mass is 436 g/mol. The minimum Gasteiger partial charge on any atom is -0.446 e. The van der Waals surface area contributed by atoms with E-state index >= 15 is 0 Å². The number of benzene rings is 2. The number of carbonyl (C=O) groups excluding carboxylic acids is 1. The van der Waals surface area contributed by atoms with E-state index in [4.69, 9.17) is 10.5 Å². The Hall–Kier alpha value is -2.81. The average molecular weight is 437 g/mol. The van der Waals surface area contributed by atoms with Crippen LogP contribution in [0, 0.1) is 11.8 Å². The zero-order valence-corrected chi connectivity index (χ0v) is 19.8. The smallest absolute Gasteiger partial charge is 0.410 e. The van der Waals surface area contributed by atoms with Crippen molar-refractivity contribution in [1.29, 1.82) is 0 Å². The quantitative estimate of drug-likeness (QED) is 0.669. The van der Waals surface area contributed by atoms with E-state index in [1.54, 1.807) is 18.7 Å². The molecule has 0 saturated carbocycles. The van der Waals surface area contributed by atoms with Crippen LogP contribution in [0.5, 0.6) is 0 Å². The standard InChI is InChI=1S/C21H30N2O3.C6H6/c1-15(17-8-6-16(7-9-17)10-12-20(2,3)22)23-13-11-18(26-19(23)24)14-21(4,5)25;1-2-4-6-5-3-1/h6-9,15,18,25H,11,13-14,22H2,1-5H3;1-6H. The number of amides is 1. The second-order valence-corrected chi connectivity index (χ2v) is 9.43. The highest BCUT2D eigenvalue weighted by atomic mass is 16.6. The summed E-state index contributed by atoms with van der Waals surface area (Å²) in [5.74, 6) is 6.07. The highest BCUT2D eigenvalue weighted by Crippen LogP contribution is 2.28. The van der Waals surface area contributed by atoms with Crippen molar-refractivity contribution in [2.75, 3.05) is 6.54 Å². The number of aliphatic hydroxyl groups is 1. The van der Waals surface area contributed by atoms with Crippen molar-refractivity contribution in [3.63, 3.8) is 0 Å². The van der Waals surface area contributed by atoms with Gasteiger partial charge in [0.15, 0.2) is 0 Å². The molecule has 5 nitrogen and oxygen atoms in total. The predicted octanol–water partition coefficient (Wildman–Crippen LogP) is 4.89. The van der Waals surface area contributed by atoms with Gasteiger partial charge in [-0.25, -0.2) is 4.79 Å². The Morgan fingerprint density at radius 2 is 1.62 bits per heavy atom. The number of hydrogen-bond donors (Lipinski definition) is 2. The first-order chi connectivity index (χ1) is 14.9. The number of hydrogen-bond acceptors (Lipinski definition) is 4. The van der Waals surface area contributed by atoms with Gasteiger partial charge in [0.2, 0.25) is 0 Å². The van der Waals surface area contributed by atoms with Gasteiger partial charge in [0.1, 0.15) is 6.10 Å². The van der Waals surface area contributed by atoms with Gasteiger partial charge in [-0.05, 0) is 52.3 Å². The van der Waals surface area contributed by atoms with Gasteiger partial charge in [-0.1, -0.05) is 60.4 Å². The predicted molar refractivity (Wildman–Crippen MR) is 129 cm³/mol. The molecule has 0 aliphatic carbocycles. The first kappa shape index (κ1) is 25.5. The molecule has 2 atom stereocenters. The Balaban J connectivity index is 0.000000520. The van der Waals surface area contributed by atoms with Crippen molar-refractivity contribution >= 4 is 6.09 Å². The second-order valence-electron chi connectivity index (χ2n) is 9.43. The number of carbonyl (C=O) groups is 1. The fourth-order valence-corrected chi connectivity index (χ4v) is 3.34. The number of nitrogens with two attached hydrogens (primary N) is 1. The van der Waals surface area contributed by atoms with E-state index in [1.165, 1.54) is 0 Å². The number of nitrogens with zero attached hydrogens (tertiary/aromatic N) is 1. The summed E-state index contributed by atoms with van der Waals surface area (Å²) in [5, 5.41) is 9.91. The lowest BCUT2D eigenvalue weighted by Crippen LogP contribution is -2.45. The molecule has 0 radical (unpaired) electrons. The normalized spacial score (nSPS) is 17.3. The minimum absolute atomic E-state index is 0.0847. The van der Waals surface area contributed by atoms with Gasteiger partial charge in [0, 0.05) is 24.9 Å². The Morgan fingerprint density at radius 1 is 1.09 bits per heavy atom. The van der Waals surface area contributed by atoms with Gasteiger partial charge in [0.05, 0.1) is 17.2 Å². The third kappa shape index (κ3) is 9.13. The Kier molecular flexibility index (Phi) is 8.89. The fourth-order valence-electron chi connectivity index (χ4n) is 3.34. The first-order valence-electron chi connectivity index (χ1n) is 11.1. The van der Waals surface area contributed by atoms with Crippen LogP contribution in [0.1, 0.15) is 64.6 Å². The third-order valence-corrected chi connectivity index (χ3v) is 4.98. The van der Waals surface area contributed by atoms with E-state index in [1.807, 2.05) is 81.4 Å². The molecule has 2 aromatic carbocycles. The maximum Gasteiger partial charge on any atom is 0.410 e. The van der Waals surface area contributed by atoms with Crippen LogP contribution in [-0.2, 0) is 4.74 Å². The number of ether oxygens (including phenoxy) is 1. The van der Waals surface area contributed by atoms with Crippen molar-refractivity contribution in [3.05, 3.63) is 71.8 Å². The lowest BCUT2D eigenvalue weighted by Gasteiger charge is -2.37. The molecule has 0 spiro atoms. The third-order valence-electron chi connectivity index (χ3n) is 4.98. The van der Waals surface area contributed by atoms with Crippen molar-refractivity contribution < 1.29 is 14.6 Å². The van der Waals surface area contributed by atoms with Crippen molar-refractivity contribution in [1.82, 2.24) is 4.90 Å². The van der Waals surface area contributed by atoms with Crippen LogP contribution in [0.15, 0.2) is 60.7 Å². The summed E-state index contributed by atoms with van der Waals surface area (Å²) in [5.41, 5.74) is 6.43. The van der Waals surface area contributed by atoms with Crippen LogP contribution in [0.4, 0.5) is 4.79 Å². The van der Waals surface area contributed by atoms with Crippen molar-refractivity contribution in [3.8, 4) is 11.8 Å². The molecule has 3 rings (SSSR count). The summed E-state index contributed by atoms with van der Waals surface area (Å²) in [6, 6.07) is 19.8. The summed E-state index contributed by atoms with van der Waals surface area (Å²) in [7, 11) is 0. The molecule has 1 saturated heterocycles. The lowest BCUT2D eigenvalue weighted by atomic mass is 9.97. The van der Waals surface area contributed by atoms with Crippen LogP contribution in [0.3, 0.4) is 0 Å². The largest absolute Gasteiger partial charge is 0.446 e. The van der Waals surface area contributed by atoms with Crippen LogP contribution >= 0.6 is 0 Å². The number of rotatable bonds is 4. The molecule has 0 aromatic heterocycles. The van der Waals surface area contributed by atoms with Gasteiger partial charge in [0.25, 0.3) is 0 Å². The summed E-state index contributed by atoms with van der Waals surface area (Å²) in [6.45, 7) is 9.79. The van der Waals surface area contributed by atoms with Gasteiger partial charge in [-0.15, -0.1) is 0 Å². The molecule has 1 fully saturated rings. The maximum absolute atomic E-state index is 12.4. The van der Waals surface area contributed by atoms with Gasteiger partial charge in [-0.2, -0.15) is 0 Å². The molecular formula is C27H36N2O3.